The minimum Gasteiger partial charge on any atom is -0.486 e. The predicted molar refractivity (Wildman–Crippen MR) is 290 cm³/mol. The van der Waals surface area contributed by atoms with E-state index in [1.54, 1.807) is 36.4 Å². The van der Waals surface area contributed by atoms with Gasteiger partial charge in [-0.15, -0.1) is 0 Å². The SMILES string of the molecule is CC1(C)C[C@H](Nc2nc(Cl)ncc2F)C[C@@H]2CCCN21.Cn1nnn(-c2cc(N)ccc2O[C@H]2CCOC2)c1=O.Cn1nnn(-c2cc(Nc3ncc(F)c(N[C@@H]4C[C@@H]5CCCN5C(C)(C)C4)n3)ccc2O[C@H]2CCOC2)c1=O. The van der Waals surface area contributed by atoms with Gasteiger partial charge >= 0.3 is 11.4 Å². The van der Waals surface area contributed by atoms with Gasteiger partial charge in [0, 0.05) is 73.6 Å². The number of hydrogen-bond acceptors (Lipinski definition) is 20. The summed E-state index contributed by atoms with van der Waals surface area (Å²) in [5.74, 6) is 0.692. The van der Waals surface area contributed by atoms with Gasteiger partial charge in [-0.3, -0.25) is 9.80 Å². The van der Waals surface area contributed by atoms with Gasteiger partial charge in [-0.25, -0.2) is 28.3 Å². The Morgan fingerprint density at radius 3 is 1.70 bits per heavy atom. The Morgan fingerprint density at radius 1 is 0.684 bits per heavy atom. The molecular weight excluding hydrogens is 1050 g/mol. The molecule has 0 radical (unpaired) electrons. The molecule has 24 nitrogen and oxygen atoms in total. The number of piperidine rings is 2. The smallest absolute Gasteiger partial charge is 0.368 e. The van der Waals surface area contributed by atoms with Crippen molar-refractivity contribution in [3.8, 4) is 22.9 Å². The molecule has 0 amide bonds. The molecule has 27 heteroatoms. The third-order valence-corrected chi connectivity index (χ3v) is 15.7. The third kappa shape index (κ3) is 12.8. The summed E-state index contributed by atoms with van der Waals surface area (Å²) in [6.45, 7) is 13.7. The second-order valence-electron chi connectivity index (χ2n) is 22.2. The van der Waals surface area contributed by atoms with Gasteiger partial charge in [0.25, 0.3) is 0 Å². The summed E-state index contributed by atoms with van der Waals surface area (Å²) < 4.78 is 55.8. The van der Waals surface area contributed by atoms with Crippen LogP contribution in [-0.2, 0) is 23.6 Å². The molecular formula is C52H69ClF2N18O6. The lowest BCUT2D eigenvalue weighted by atomic mass is 9.84. The molecule has 424 valence electrons. The average molecular weight is 1120 g/mol. The molecule has 0 unspecified atom stereocenters. The molecule has 6 atom stereocenters. The van der Waals surface area contributed by atoms with E-state index in [2.05, 4.69) is 94.2 Å². The fraction of sp³-hybridized carbons (Fsp3) is 0.577. The molecule has 0 aliphatic carbocycles. The average Bonchev–Trinajstić information content (AvgIpc) is 4.35. The van der Waals surface area contributed by atoms with Gasteiger partial charge in [0.05, 0.1) is 38.8 Å². The first-order valence-corrected chi connectivity index (χ1v) is 27.3. The summed E-state index contributed by atoms with van der Waals surface area (Å²) in [7, 11) is 3.06. The number of anilines is 5. The zero-order valence-electron chi connectivity index (χ0n) is 45.3. The molecule has 6 saturated heterocycles. The van der Waals surface area contributed by atoms with Crippen LogP contribution in [0.3, 0.4) is 0 Å². The number of aryl methyl sites for hydroxylation is 2. The number of benzene rings is 2. The molecule has 79 heavy (non-hydrogen) atoms. The van der Waals surface area contributed by atoms with E-state index < -0.39 is 17.3 Å². The van der Waals surface area contributed by atoms with Crippen LogP contribution in [0, 0.1) is 11.6 Å². The maximum Gasteiger partial charge on any atom is 0.368 e. The number of nitrogens with zero attached hydrogens (tertiary/aromatic N) is 14. The number of nitrogens with one attached hydrogen (secondary N) is 3. The predicted octanol–water partition coefficient (Wildman–Crippen LogP) is 5.43. The number of fused-ring (bicyclic) bond motifs is 2. The normalized spacial score (nSPS) is 24.1. The number of ether oxygens (including phenoxy) is 4. The molecule has 0 spiro atoms. The van der Waals surface area contributed by atoms with E-state index in [4.69, 9.17) is 36.3 Å². The van der Waals surface area contributed by atoms with E-state index in [1.165, 1.54) is 61.9 Å². The number of nitrogen functional groups attached to an aromatic ring is 1. The van der Waals surface area contributed by atoms with Gasteiger partial charge in [0.2, 0.25) is 11.2 Å². The second kappa shape index (κ2) is 23.5. The maximum atomic E-state index is 14.8. The van der Waals surface area contributed by atoms with Crippen molar-refractivity contribution in [3.05, 3.63) is 86.7 Å². The van der Waals surface area contributed by atoms with Crippen LogP contribution in [0.2, 0.25) is 5.28 Å². The van der Waals surface area contributed by atoms with E-state index >= 15 is 0 Å². The molecule has 6 aliphatic rings. The first kappa shape index (κ1) is 55.4. The van der Waals surface area contributed by atoms with Crippen molar-refractivity contribution >= 4 is 40.6 Å². The Morgan fingerprint density at radius 2 is 1.19 bits per heavy atom. The van der Waals surface area contributed by atoms with Gasteiger partial charge < -0.3 is 40.6 Å². The lowest BCUT2D eigenvalue weighted by molar-refractivity contribution is 0.0498. The highest BCUT2D eigenvalue weighted by Crippen LogP contribution is 2.40. The molecule has 10 heterocycles. The van der Waals surface area contributed by atoms with Crippen molar-refractivity contribution in [2.24, 2.45) is 14.1 Å². The monoisotopic (exact) mass is 1110 g/mol. The van der Waals surface area contributed by atoms with E-state index in [0.29, 0.717) is 72.8 Å². The zero-order valence-corrected chi connectivity index (χ0v) is 46.1. The minimum atomic E-state index is -0.499. The molecule has 5 N–H and O–H groups in total. The van der Waals surface area contributed by atoms with Crippen molar-refractivity contribution in [1.82, 2.24) is 69.3 Å². The van der Waals surface area contributed by atoms with Crippen LogP contribution < -0.4 is 42.5 Å². The molecule has 6 aliphatic heterocycles. The maximum absolute atomic E-state index is 14.8. The van der Waals surface area contributed by atoms with E-state index in [1.807, 2.05) is 0 Å². The molecule has 0 bridgehead atoms. The molecule has 6 fully saturated rings. The van der Waals surface area contributed by atoms with Gasteiger partial charge in [0.15, 0.2) is 23.3 Å². The molecule has 2 aromatic carbocycles. The standard InChI is InChI=1S/C26H34FN9O3.C14H20ClFN4.C12H15N5O3/c1-26(2)13-17(11-18-5-4-9-35(18)26)29-23-20(27)14-28-24(31-23)30-16-6-7-22(39-19-8-10-38-15-19)21(12-16)36-25(37)34(3)32-33-36;1-14(2)7-9(6-10-4-3-5-20(10)14)18-12-11(16)8-17-13(15)19-12;1-16-12(18)17(15-14-16)10-6-8(13)2-3-11(10)20-9-4-5-19-7-9/h6-7,12,14,17-19H,4-5,8-11,13,15H2,1-3H3,(H2,28,29,30,31);8-10H,3-7H2,1-2H3,(H,17,18,19);2-3,6,9H,4-5,7,13H2,1H3/t17-,18+,19+;9-,10+;9-/m110/s1. The summed E-state index contributed by atoms with van der Waals surface area (Å²) in [5, 5.41) is 25.1. The van der Waals surface area contributed by atoms with E-state index in [0.717, 1.165) is 60.6 Å². The first-order valence-electron chi connectivity index (χ1n) is 26.9. The lowest BCUT2D eigenvalue weighted by Crippen LogP contribution is -2.55. The summed E-state index contributed by atoms with van der Waals surface area (Å²) in [6, 6.07) is 11.8. The van der Waals surface area contributed by atoms with Gasteiger partial charge in [-0.1, -0.05) is 0 Å². The van der Waals surface area contributed by atoms with Crippen molar-refractivity contribution in [2.75, 3.05) is 61.2 Å². The third-order valence-electron chi connectivity index (χ3n) is 15.5. The van der Waals surface area contributed by atoms with Crippen LogP contribution in [0.1, 0.15) is 91.9 Å². The van der Waals surface area contributed by atoms with Crippen LogP contribution in [0.4, 0.5) is 37.7 Å². The van der Waals surface area contributed by atoms with Crippen LogP contribution in [-0.4, -0.2) is 156 Å². The van der Waals surface area contributed by atoms with Crippen molar-refractivity contribution in [3.63, 3.8) is 0 Å². The molecule has 12 rings (SSSR count). The fourth-order valence-corrected chi connectivity index (χ4v) is 12.0. The lowest BCUT2D eigenvalue weighted by Gasteiger charge is -2.47. The number of nitrogens with two attached hydrogens (primary N) is 1. The molecule has 4 aromatic heterocycles. The van der Waals surface area contributed by atoms with Gasteiger partial charge in [-0.2, -0.15) is 28.7 Å². The molecule has 6 aromatic rings. The Bertz CT molecular complexity index is 3220. The van der Waals surface area contributed by atoms with Crippen LogP contribution in [0.5, 0.6) is 11.5 Å². The summed E-state index contributed by atoms with van der Waals surface area (Å²) >= 11 is 5.74. The van der Waals surface area contributed by atoms with Crippen LogP contribution in [0.15, 0.2) is 58.4 Å². The van der Waals surface area contributed by atoms with Gasteiger partial charge in [-0.05, 0) is 161 Å². The Kier molecular flexibility index (Phi) is 16.5. The van der Waals surface area contributed by atoms with E-state index in [-0.39, 0.29) is 63.9 Å². The molecule has 0 saturated carbocycles. The second-order valence-corrected chi connectivity index (χ2v) is 22.6. The van der Waals surface area contributed by atoms with Crippen LogP contribution >= 0.6 is 11.6 Å². The summed E-state index contributed by atoms with van der Waals surface area (Å²) in [4.78, 5) is 46.0. The van der Waals surface area contributed by atoms with Gasteiger partial charge in [0.1, 0.15) is 35.1 Å². The highest BCUT2D eigenvalue weighted by atomic mass is 35.5. The van der Waals surface area contributed by atoms with Crippen molar-refractivity contribution < 1.29 is 27.7 Å². The Hall–Kier alpha value is -6.87. The van der Waals surface area contributed by atoms with E-state index in [9.17, 15) is 18.4 Å². The number of aromatic nitrogens is 12. The minimum absolute atomic E-state index is 0.0234. The summed E-state index contributed by atoms with van der Waals surface area (Å²) in [5.41, 5.74) is 7.19. The van der Waals surface area contributed by atoms with Crippen molar-refractivity contribution in [1.29, 1.82) is 0 Å². The largest absolute Gasteiger partial charge is 0.486 e. The van der Waals surface area contributed by atoms with Crippen LogP contribution in [0.25, 0.3) is 11.4 Å². The first-order chi connectivity index (χ1) is 37.9. The number of hydrogen-bond donors (Lipinski definition) is 4. The quantitative estimate of drug-likeness (QED) is 0.0880. The number of tetrazole rings is 2. The number of rotatable bonds is 12. The number of halogens is 3. The highest BCUT2D eigenvalue weighted by molar-refractivity contribution is 6.28. The fourth-order valence-electron chi connectivity index (χ4n) is 11.9. The Balaban J connectivity index is 0.000000148. The summed E-state index contributed by atoms with van der Waals surface area (Å²) in [6.07, 6.45) is 12.5. The Labute approximate surface area is 460 Å². The van der Waals surface area contributed by atoms with Crippen molar-refractivity contribution in [2.45, 2.75) is 139 Å². The highest BCUT2D eigenvalue weighted by Gasteiger charge is 2.44. The topological polar surface area (TPSA) is 262 Å². The zero-order chi connectivity index (χ0) is 55.6.